The van der Waals surface area contributed by atoms with Crippen molar-refractivity contribution in [3.63, 3.8) is 0 Å². The van der Waals surface area contributed by atoms with Crippen LogP contribution in [0.4, 0.5) is 17.1 Å². The van der Waals surface area contributed by atoms with Gasteiger partial charge in [0.1, 0.15) is 10.6 Å². The maximum Gasteiger partial charge on any atom is 0.340 e. The topological polar surface area (TPSA) is 211 Å². The Morgan fingerprint density at radius 1 is 0.786 bits per heavy atom. The minimum absolute atomic E-state index is 0.00974. The van der Waals surface area contributed by atoms with Crippen molar-refractivity contribution in [2.45, 2.75) is 9.79 Å². The molecule has 0 radical (unpaired) electrons. The first kappa shape index (κ1) is 28.3. The quantitative estimate of drug-likeness (QED) is 0.0848. The third kappa shape index (κ3) is 6.08. The van der Waals surface area contributed by atoms with E-state index in [2.05, 4.69) is 20.4 Å². The molecule has 0 saturated carbocycles. The SMILES string of the molecule is O=[N+]([O-])c1ccc(-n2nc(-c3ccccc3)n[n+]2-c2ccc(N=Nc3ccc(S(=O)(=O)O)cc3)cc2S(=O)(=O)O)cc1. The monoisotopic (exact) mass is 608 g/mol. The Bertz CT molecular complexity index is 2050. The molecule has 0 atom stereocenters. The molecule has 1 heterocycles. The Morgan fingerprint density at radius 3 is 2.00 bits per heavy atom. The second kappa shape index (κ2) is 11.0. The summed E-state index contributed by atoms with van der Waals surface area (Å²) in [5.41, 5.74) is 0.797. The van der Waals surface area contributed by atoms with Crippen LogP contribution in [0, 0.1) is 10.1 Å². The third-order valence-corrected chi connectivity index (χ3v) is 7.48. The summed E-state index contributed by atoms with van der Waals surface area (Å²) in [4.78, 5) is 12.0. The summed E-state index contributed by atoms with van der Waals surface area (Å²) in [5.74, 6) is 0.187. The van der Waals surface area contributed by atoms with E-state index in [0.717, 1.165) is 23.0 Å². The molecule has 17 heteroatoms. The second-order valence-corrected chi connectivity index (χ2v) is 11.3. The summed E-state index contributed by atoms with van der Waals surface area (Å²) < 4.78 is 66.6. The van der Waals surface area contributed by atoms with Gasteiger partial charge in [-0.1, -0.05) is 18.2 Å². The Labute approximate surface area is 237 Å². The van der Waals surface area contributed by atoms with Gasteiger partial charge in [0.05, 0.1) is 31.9 Å². The molecule has 0 bridgehead atoms. The number of nitro groups is 1. The lowest BCUT2D eigenvalue weighted by atomic mass is 10.2. The molecule has 0 amide bonds. The minimum atomic E-state index is -4.87. The van der Waals surface area contributed by atoms with Crippen molar-refractivity contribution in [1.82, 2.24) is 15.0 Å². The molecule has 42 heavy (non-hydrogen) atoms. The molecule has 5 rings (SSSR count). The van der Waals surface area contributed by atoms with Crippen LogP contribution in [0.15, 0.2) is 117 Å². The largest absolute Gasteiger partial charge is 0.340 e. The van der Waals surface area contributed by atoms with Gasteiger partial charge < -0.3 is 0 Å². The van der Waals surface area contributed by atoms with Gasteiger partial charge >= 0.3 is 5.82 Å². The summed E-state index contributed by atoms with van der Waals surface area (Å²) in [6.45, 7) is 0. The van der Waals surface area contributed by atoms with Gasteiger partial charge in [-0.25, -0.2) is 0 Å². The third-order valence-electron chi connectivity index (χ3n) is 5.73. The number of aromatic nitrogens is 4. The summed E-state index contributed by atoms with van der Waals surface area (Å²) in [6, 6.07) is 22.6. The molecule has 1 aromatic heterocycles. The van der Waals surface area contributed by atoms with E-state index >= 15 is 0 Å². The zero-order valence-electron chi connectivity index (χ0n) is 21.0. The second-order valence-electron chi connectivity index (χ2n) is 8.54. The average molecular weight is 609 g/mol. The Balaban J connectivity index is 1.61. The number of nitro benzene ring substituents is 1. The smallest absolute Gasteiger partial charge is 0.282 e. The van der Waals surface area contributed by atoms with Crippen LogP contribution in [0.5, 0.6) is 0 Å². The van der Waals surface area contributed by atoms with Gasteiger partial charge in [0, 0.05) is 16.9 Å². The van der Waals surface area contributed by atoms with Crippen molar-refractivity contribution >= 4 is 37.3 Å². The summed E-state index contributed by atoms with van der Waals surface area (Å²) in [7, 11) is -9.27. The highest BCUT2D eigenvalue weighted by Gasteiger charge is 2.29. The number of benzene rings is 4. The highest BCUT2D eigenvalue weighted by molar-refractivity contribution is 7.86. The highest BCUT2D eigenvalue weighted by Crippen LogP contribution is 2.26. The fraction of sp³-hybridized carbons (Fsp3) is 0. The van der Waals surface area contributed by atoms with E-state index in [9.17, 15) is 31.5 Å². The van der Waals surface area contributed by atoms with Crippen molar-refractivity contribution in [3.8, 4) is 22.8 Å². The molecule has 5 aromatic rings. The van der Waals surface area contributed by atoms with Crippen LogP contribution in [0.25, 0.3) is 22.8 Å². The number of non-ortho nitro benzene ring substituents is 1. The van der Waals surface area contributed by atoms with Gasteiger partial charge in [-0.15, -0.1) is 0 Å². The first-order valence-electron chi connectivity index (χ1n) is 11.7. The van der Waals surface area contributed by atoms with E-state index < -0.39 is 30.1 Å². The van der Waals surface area contributed by atoms with Gasteiger partial charge in [-0.3, -0.25) is 19.2 Å². The summed E-state index contributed by atoms with van der Waals surface area (Å²) in [5, 5.41) is 27.9. The molecular formula is C25H18N7O8S2+. The number of tetrazole rings is 1. The van der Waals surface area contributed by atoms with Gasteiger partial charge in [0.15, 0.2) is 0 Å². The number of azo groups is 1. The number of hydrogen-bond acceptors (Lipinski definition) is 10. The minimum Gasteiger partial charge on any atom is -0.282 e. The van der Waals surface area contributed by atoms with Gasteiger partial charge in [-0.05, 0) is 76.6 Å². The molecular weight excluding hydrogens is 590 g/mol. The Hall–Kier alpha value is -5.23. The molecule has 212 valence electrons. The van der Waals surface area contributed by atoms with Crippen LogP contribution in [-0.4, -0.2) is 45.9 Å². The van der Waals surface area contributed by atoms with Crippen molar-refractivity contribution in [1.29, 1.82) is 0 Å². The van der Waals surface area contributed by atoms with E-state index in [4.69, 9.17) is 4.55 Å². The van der Waals surface area contributed by atoms with Gasteiger partial charge in [0.2, 0.25) is 5.69 Å². The van der Waals surface area contributed by atoms with Crippen LogP contribution < -0.4 is 4.80 Å². The van der Waals surface area contributed by atoms with E-state index in [-0.39, 0.29) is 33.5 Å². The standard InChI is InChI=1S/C25H17N7O8S2/c33-32(34)21-11-9-20(10-12-21)30-28-25(17-4-2-1-3-5-17)29-31(30)23-15-8-19(16-24(23)42(38,39)40)27-26-18-6-13-22(14-7-18)41(35,36)37/h1-16H,(H-,35,36,37,38,39,40)/p+1. The fourth-order valence-electron chi connectivity index (χ4n) is 3.75. The molecule has 0 fully saturated rings. The normalized spacial score (nSPS) is 12.0. The van der Waals surface area contributed by atoms with Gasteiger partial charge in [0.25, 0.3) is 25.9 Å². The first-order valence-corrected chi connectivity index (χ1v) is 14.6. The average Bonchev–Trinajstić information content (AvgIpc) is 3.41. The number of hydrogen-bond donors (Lipinski definition) is 2. The molecule has 0 spiro atoms. The molecule has 0 aliphatic rings. The molecule has 2 N–H and O–H groups in total. The summed E-state index contributed by atoms with van der Waals surface area (Å²) >= 11 is 0. The van der Waals surface area contributed by atoms with E-state index in [1.165, 1.54) is 53.3 Å². The predicted molar refractivity (Wildman–Crippen MR) is 145 cm³/mol. The van der Waals surface area contributed by atoms with Crippen LogP contribution in [0.3, 0.4) is 0 Å². The lowest BCUT2D eigenvalue weighted by molar-refractivity contribution is -0.736. The van der Waals surface area contributed by atoms with Crippen molar-refractivity contribution in [2.24, 2.45) is 10.2 Å². The Morgan fingerprint density at radius 2 is 1.40 bits per heavy atom. The number of rotatable bonds is 8. The van der Waals surface area contributed by atoms with E-state index in [1.807, 2.05) is 0 Å². The lowest BCUT2D eigenvalue weighted by Gasteiger charge is -2.05. The molecule has 0 unspecified atom stereocenters. The van der Waals surface area contributed by atoms with Crippen LogP contribution in [0.2, 0.25) is 0 Å². The molecule has 0 saturated heterocycles. The van der Waals surface area contributed by atoms with Crippen molar-refractivity contribution < 1.29 is 35.7 Å². The highest BCUT2D eigenvalue weighted by atomic mass is 32.2. The molecule has 15 nitrogen and oxygen atoms in total. The lowest BCUT2D eigenvalue weighted by Crippen LogP contribution is -2.44. The van der Waals surface area contributed by atoms with Gasteiger partial charge in [-0.2, -0.15) is 27.1 Å². The summed E-state index contributed by atoms with van der Waals surface area (Å²) in [6.07, 6.45) is 0. The van der Waals surface area contributed by atoms with E-state index in [1.54, 1.807) is 30.3 Å². The first-order chi connectivity index (χ1) is 19.9. The van der Waals surface area contributed by atoms with E-state index in [0.29, 0.717) is 11.3 Å². The van der Waals surface area contributed by atoms with Crippen molar-refractivity contribution in [2.75, 3.05) is 0 Å². The molecule has 4 aromatic carbocycles. The fourth-order valence-corrected chi connectivity index (χ4v) is 4.92. The van der Waals surface area contributed by atoms with Crippen LogP contribution >= 0.6 is 0 Å². The maximum atomic E-state index is 12.5. The number of nitrogens with zero attached hydrogens (tertiary/aromatic N) is 7. The molecule has 0 aliphatic carbocycles. The maximum absolute atomic E-state index is 12.5. The molecule has 0 aliphatic heterocycles. The van der Waals surface area contributed by atoms with Crippen LogP contribution in [0.1, 0.15) is 0 Å². The predicted octanol–water partition coefficient (Wildman–Crippen LogP) is 4.03. The zero-order chi connectivity index (χ0) is 30.1. The van der Waals surface area contributed by atoms with Crippen molar-refractivity contribution in [3.05, 3.63) is 107 Å². The van der Waals surface area contributed by atoms with Crippen LogP contribution in [-0.2, 0) is 20.2 Å². The Kier molecular flexibility index (Phi) is 7.40. The zero-order valence-corrected chi connectivity index (χ0v) is 22.7.